The van der Waals surface area contributed by atoms with Gasteiger partial charge in [-0.05, 0) is 18.6 Å². The van der Waals surface area contributed by atoms with Crippen LogP contribution in [0.3, 0.4) is 0 Å². The minimum Gasteiger partial charge on any atom is -0.507 e. The third-order valence-electron chi connectivity index (χ3n) is 2.77. The van der Waals surface area contributed by atoms with Gasteiger partial charge in [0.2, 0.25) is 0 Å². The highest BCUT2D eigenvalue weighted by atomic mass is 19.1. The number of benzene rings is 2. The van der Waals surface area contributed by atoms with Crippen molar-refractivity contribution < 1.29 is 19.0 Å². The third-order valence-corrected chi connectivity index (χ3v) is 2.77. The van der Waals surface area contributed by atoms with E-state index >= 15 is 0 Å². The lowest BCUT2D eigenvalue weighted by Crippen LogP contribution is -1.94. The van der Waals surface area contributed by atoms with Gasteiger partial charge in [-0.2, -0.15) is 0 Å². The van der Waals surface area contributed by atoms with E-state index in [0.717, 1.165) is 0 Å². The Bertz CT molecular complexity index is 579. The predicted octanol–water partition coefficient (Wildman–Crippen LogP) is 3.01. The van der Waals surface area contributed by atoms with Crippen LogP contribution in [0.15, 0.2) is 18.2 Å². The molecular weight excluding hydrogens is 223 g/mol. The first-order chi connectivity index (χ1) is 8.10. The molecule has 0 bridgehead atoms. The van der Waals surface area contributed by atoms with Gasteiger partial charge in [0.1, 0.15) is 11.5 Å². The maximum atomic E-state index is 13.7. The van der Waals surface area contributed by atoms with Crippen molar-refractivity contribution in [2.45, 2.75) is 6.92 Å². The van der Waals surface area contributed by atoms with Gasteiger partial charge in [-0.15, -0.1) is 0 Å². The summed E-state index contributed by atoms with van der Waals surface area (Å²) >= 11 is 0. The van der Waals surface area contributed by atoms with Gasteiger partial charge in [-0.3, -0.25) is 0 Å². The summed E-state index contributed by atoms with van der Waals surface area (Å²) in [6.07, 6.45) is 0. The highest BCUT2D eigenvalue weighted by molar-refractivity contribution is 5.98. The van der Waals surface area contributed by atoms with Crippen LogP contribution in [-0.4, -0.2) is 19.3 Å². The summed E-state index contributed by atoms with van der Waals surface area (Å²) in [6, 6.07) is 4.62. The number of hydrogen-bond acceptors (Lipinski definition) is 3. The Morgan fingerprint density at radius 2 is 1.88 bits per heavy atom. The molecular formula is C13H13FO3. The van der Waals surface area contributed by atoms with Gasteiger partial charge in [-0.25, -0.2) is 4.39 Å². The van der Waals surface area contributed by atoms with Crippen molar-refractivity contribution in [2.24, 2.45) is 0 Å². The Morgan fingerprint density at radius 1 is 1.18 bits per heavy atom. The van der Waals surface area contributed by atoms with Crippen LogP contribution >= 0.6 is 0 Å². The van der Waals surface area contributed by atoms with Gasteiger partial charge >= 0.3 is 0 Å². The fraction of sp³-hybridized carbons (Fsp3) is 0.231. The molecule has 0 saturated heterocycles. The zero-order chi connectivity index (χ0) is 12.6. The number of hydrogen-bond donors (Lipinski definition) is 1. The largest absolute Gasteiger partial charge is 0.507 e. The molecule has 2 rings (SSSR count). The SMILES string of the molecule is COc1c(F)cc(OC)c2c(O)c(C)ccc12. The average Bonchev–Trinajstić information content (AvgIpc) is 2.32. The number of fused-ring (bicyclic) bond motifs is 1. The first kappa shape index (κ1) is 11.5. The van der Waals surface area contributed by atoms with E-state index in [-0.39, 0.29) is 11.5 Å². The second kappa shape index (κ2) is 4.13. The first-order valence-electron chi connectivity index (χ1n) is 5.13. The van der Waals surface area contributed by atoms with E-state index in [9.17, 15) is 9.50 Å². The van der Waals surface area contributed by atoms with Crippen LogP contribution in [-0.2, 0) is 0 Å². The van der Waals surface area contributed by atoms with E-state index in [0.29, 0.717) is 22.1 Å². The number of methoxy groups -OCH3 is 2. The number of phenolic OH excluding ortho intramolecular Hbond substituents is 1. The van der Waals surface area contributed by atoms with Crippen molar-refractivity contribution in [3.63, 3.8) is 0 Å². The Labute approximate surface area is 98.4 Å². The standard InChI is InChI=1S/C13H13FO3/c1-7-4-5-8-11(12(7)15)10(16-2)6-9(14)13(8)17-3/h4-6,15H,1-3H3. The first-order valence-corrected chi connectivity index (χ1v) is 5.13. The highest BCUT2D eigenvalue weighted by Crippen LogP contribution is 2.41. The van der Waals surface area contributed by atoms with Crippen LogP contribution in [0.5, 0.6) is 17.2 Å². The van der Waals surface area contributed by atoms with E-state index < -0.39 is 5.82 Å². The smallest absolute Gasteiger partial charge is 0.169 e. The molecule has 3 nitrogen and oxygen atoms in total. The lowest BCUT2D eigenvalue weighted by molar-refractivity contribution is 0.383. The molecule has 0 fully saturated rings. The number of rotatable bonds is 2. The van der Waals surface area contributed by atoms with Crippen molar-refractivity contribution in [1.29, 1.82) is 0 Å². The molecule has 0 heterocycles. The van der Waals surface area contributed by atoms with Gasteiger partial charge in [0, 0.05) is 11.5 Å². The van der Waals surface area contributed by atoms with Crippen molar-refractivity contribution in [3.05, 3.63) is 29.6 Å². The van der Waals surface area contributed by atoms with Crippen LogP contribution in [0.4, 0.5) is 4.39 Å². The fourth-order valence-corrected chi connectivity index (χ4v) is 1.88. The molecule has 0 saturated carbocycles. The van der Waals surface area contributed by atoms with Crippen LogP contribution in [0.1, 0.15) is 5.56 Å². The highest BCUT2D eigenvalue weighted by Gasteiger charge is 2.17. The van der Waals surface area contributed by atoms with Gasteiger partial charge in [0.05, 0.1) is 19.6 Å². The van der Waals surface area contributed by atoms with Crippen LogP contribution in [0.25, 0.3) is 10.8 Å². The van der Waals surface area contributed by atoms with Gasteiger partial charge in [-0.1, -0.05) is 6.07 Å². The van der Waals surface area contributed by atoms with Crippen molar-refractivity contribution in [2.75, 3.05) is 14.2 Å². The monoisotopic (exact) mass is 236 g/mol. The topological polar surface area (TPSA) is 38.7 Å². The van der Waals surface area contributed by atoms with E-state index in [4.69, 9.17) is 9.47 Å². The lowest BCUT2D eigenvalue weighted by atomic mass is 10.0. The zero-order valence-electron chi connectivity index (χ0n) is 9.87. The van der Waals surface area contributed by atoms with Crippen LogP contribution in [0.2, 0.25) is 0 Å². The third kappa shape index (κ3) is 1.65. The summed E-state index contributed by atoms with van der Waals surface area (Å²) in [5.74, 6) is -0.0339. The zero-order valence-corrected chi connectivity index (χ0v) is 9.87. The molecule has 1 N–H and O–H groups in total. The predicted molar refractivity (Wildman–Crippen MR) is 63.4 cm³/mol. The molecule has 0 aliphatic carbocycles. The fourth-order valence-electron chi connectivity index (χ4n) is 1.88. The Hall–Kier alpha value is -1.97. The summed E-state index contributed by atoms with van der Waals surface area (Å²) < 4.78 is 23.8. The van der Waals surface area contributed by atoms with Crippen molar-refractivity contribution in [3.8, 4) is 17.2 Å². The number of ether oxygens (including phenoxy) is 2. The quantitative estimate of drug-likeness (QED) is 0.871. The molecule has 2 aromatic rings. The molecule has 4 heteroatoms. The van der Waals surface area contributed by atoms with Gasteiger partial charge in [0.25, 0.3) is 0 Å². The number of phenols is 1. The Balaban J connectivity index is 2.97. The molecule has 0 radical (unpaired) electrons. The normalized spacial score (nSPS) is 10.6. The minimum atomic E-state index is -0.514. The molecule has 0 unspecified atom stereocenters. The molecule has 2 aromatic carbocycles. The van der Waals surface area contributed by atoms with E-state index in [1.807, 2.05) is 0 Å². The van der Waals surface area contributed by atoms with E-state index in [1.54, 1.807) is 19.1 Å². The van der Waals surface area contributed by atoms with Crippen molar-refractivity contribution in [1.82, 2.24) is 0 Å². The van der Waals surface area contributed by atoms with Crippen molar-refractivity contribution >= 4 is 10.8 Å². The second-order valence-electron chi connectivity index (χ2n) is 3.75. The Kier molecular flexibility index (Phi) is 2.79. The molecule has 0 amide bonds. The lowest BCUT2D eigenvalue weighted by Gasteiger charge is -2.13. The summed E-state index contributed by atoms with van der Waals surface area (Å²) in [7, 11) is 2.82. The second-order valence-corrected chi connectivity index (χ2v) is 3.75. The molecule has 0 spiro atoms. The maximum absolute atomic E-state index is 13.7. The summed E-state index contributed by atoms with van der Waals surface area (Å²) in [6.45, 7) is 1.77. The van der Waals surface area contributed by atoms with E-state index in [1.165, 1.54) is 20.3 Å². The number of aryl methyl sites for hydroxylation is 1. The molecule has 0 aliphatic rings. The number of halogens is 1. The van der Waals surface area contributed by atoms with Crippen LogP contribution in [0, 0.1) is 12.7 Å². The molecule has 0 aliphatic heterocycles. The summed E-state index contributed by atoms with van der Waals surface area (Å²) in [5, 5.41) is 11.0. The van der Waals surface area contributed by atoms with Gasteiger partial charge in [0.15, 0.2) is 11.6 Å². The molecule has 0 aromatic heterocycles. The molecule has 90 valence electrons. The summed E-state index contributed by atoms with van der Waals surface area (Å²) in [4.78, 5) is 0. The summed E-state index contributed by atoms with van der Waals surface area (Å²) in [5.41, 5.74) is 0.699. The average molecular weight is 236 g/mol. The van der Waals surface area contributed by atoms with E-state index in [2.05, 4.69) is 0 Å². The molecule has 17 heavy (non-hydrogen) atoms. The Morgan fingerprint density at radius 3 is 2.47 bits per heavy atom. The molecule has 0 atom stereocenters. The van der Waals surface area contributed by atoms with Crippen LogP contribution < -0.4 is 9.47 Å². The number of aromatic hydroxyl groups is 1. The maximum Gasteiger partial charge on any atom is 0.169 e. The minimum absolute atomic E-state index is 0.0812. The van der Waals surface area contributed by atoms with Gasteiger partial charge < -0.3 is 14.6 Å².